The van der Waals surface area contributed by atoms with Gasteiger partial charge in [-0.15, -0.1) is 0 Å². The molecule has 0 fully saturated rings. The van der Waals surface area contributed by atoms with Gasteiger partial charge in [0.15, 0.2) is 0 Å². The van der Waals surface area contributed by atoms with Gasteiger partial charge in [-0.1, -0.05) is 0 Å². The molecule has 0 aliphatic carbocycles. The molecule has 0 saturated heterocycles. The smallest absolute Gasteiger partial charge is 0.320 e. The van der Waals surface area contributed by atoms with E-state index < -0.39 is 12.2 Å². The van der Waals surface area contributed by atoms with Crippen molar-refractivity contribution in [3.63, 3.8) is 0 Å². The van der Waals surface area contributed by atoms with Gasteiger partial charge in [-0.3, -0.25) is 19.4 Å². The molecule has 0 spiro atoms. The van der Waals surface area contributed by atoms with E-state index in [1.165, 1.54) is 0 Å². The third-order valence-corrected chi connectivity index (χ3v) is 2.19. The van der Waals surface area contributed by atoms with Crippen molar-refractivity contribution in [1.82, 2.24) is 9.80 Å². The topological polar surface area (TPSA) is 59.1 Å². The van der Waals surface area contributed by atoms with Crippen LogP contribution >= 0.6 is 0 Å². The number of likely N-dealkylation sites (N-methyl/N-ethyl adjacent to an activating group) is 2. The van der Waals surface area contributed by atoms with Crippen molar-refractivity contribution in [3.05, 3.63) is 0 Å². The van der Waals surface area contributed by atoms with Crippen molar-refractivity contribution < 1.29 is 19.1 Å². The van der Waals surface area contributed by atoms with Gasteiger partial charge in [0.1, 0.15) is 12.2 Å². The van der Waals surface area contributed by atoms with Gasteiger partial charge in [-0.2, -0.15) is 0 Å². The Labute approximate surface area is 109 Å². The number of nitrogens with zero attached hydrogens (tertiary/aromatic N) is 2. The Morgan fingerprint density at radius 3 is 1.33 bits per heavy atom. The average Bonchev–Trinajstić information content (AvgIpc) is 2.13. The third kappa shape index (κ3) is 8.03. The lowest BCUT2D eigenvalue weighted by atomic mass is 10.2. The minimum Gasteiger partial charge on any atom is -0.458 e. The summed E-state index contributed by atoms with van der Waals surface area (Å²) in [5, 5.41) is 0. The molecule has 0 aromatic carbocycles. The van der Waals surface area contributed by atoms with Crippen molar-refractivity contribution >= 4 is 11.9 Å². The van der Waals surface area contributed by atoms with Crippen LogP contribution in [-0.4, -0.2) is 75.2 Å². The predicted octanol–water partition coefficient (Wildman–Crippen LogP) is -0.0270. The summed E-state index contributed by atoms with van der Waals surface area (Å²) in [6, 6.07) is 0. The van der Waals surface area contributed by atoms with E-state index in [-0.39, 0.29) is 25.0 Å². The first kappa shape index (κ1) is 16.9. The van der Waals surface area contributed by atoms with Gasteiger partial charge in [0, 0.05) is 0 Å². The standard InChI is InChI=1S/C12H24N2O4/c1-9(17-11(15)7-13(3)4)10(2)18-12(16)8-14(5)6/h9-10H,7-8H2,1-6H3/t9-,10-/m0/s1. The van der Waals surface area contributed by atoms with E-state index in [2.05, 4.69) is 0 Å². The minimum atomic E-state index is -0.455. The van der Waals surface area contributed by atoms with E-state index in [4.69, 9.17) is 9.47 Å². The summed E-state index contributed by atoms with van der Waals surface area (Å²) in [5.74, 6) is -0.661. The number of hydrogen-bond donors (Lipinski definition) is 0. The number of carbonyl (C=O) groups is 2. The molecule has 6 heteroatoms. The largest absolute Gasteiger partial charge is 0.458 e. The Morgan fingerprint density at radius 1 is 0.833 bits per heavy atom. The second kappa shape index (κ2) is 8.05. The highest BCUT2D eigenvalue weighted by Crippen LogP contribution is 2.04. The number of ether oxygens (including phenoxy) is 2. The zero-order valence-corrected chi connectivity index (χ0v) is 12.1. The fourth-order valence-electron chi connectivity index (χ4n) is 1.20. The average molecular weight is 260 g/mol. The molecule has 0 aromatic rings. The molecule has 0 bridgehead atoms. The molecule has 18 heavy (non-hydrogen) atoms. The maximum absolute atomic E-state index is 11.4. The van der Waals surface area contributed by atoms with Crippen molar-refractivity contribution in [2.45, 2.75) is 26.1 Å². The van der Waals surface area contributed by atoms with Crippen molar-refractivity contribution in [2.75, 3.05) is 41.3 Å². The first-order chi connectivity index (χ1) is 8.22. The van der Waals surface area contributed by atoms with Crippen LogP contribution in [0.2, 0.25) is 0 Å². The van der Waals surface area contributed by atoms with Gasteiger partial charge in [-0.05, 0) is 42.0 Å². The van der Waals surface area contributed by atoms with E-state index >= 15 is 0 Å². The predicted molar refractivity (Wildman–Crippen MR) is 68.2 cm³/mol. The first-order valence-corrected chi connectivity index (χ1v) is 5.90. The van der Waals surface area contributed by atoms with Crippen LogP contribution in [0.5, 0.6) is 0 Å². The Morgan fingerprint density at radius 2 is 1.11 bits per heavy atom. The molecule has 0 radical (unpaired) electrons. The highest BCUT2D eigenvalue weighted by molar-refractivity contribution is 5.72. The molecule has 0 saturated carbocycles. The summed E-state index contributed by atoms with van der Waals surface area (Å²) in [4.78, 5) is 26.3. The second-order valence-corrected chi connectivity index (χ2v) is 4.87. The van der Waals surface area contributed by atoms with Crippen molar-refractivity contribution in [1.29, 1.82) is 0 Å². The lowest BCUT2D eigenvalue weighted by Crippen LogP contribution is -2.35. The molecular formula is C12H24N2O4. The summed E-state index contributed by atoms with van der Waals surface area (Å²) < 4.78 is 10.3. The van der Waals surface area contributed by atoms with Crippen LogP contribution in [-0.2, 0) is 19.1 Å². The quantitative estimate of drug-likeness (QED) is 0.599. The van der Waals surface area contributed by atoms with Crippen molar-refractivity contribution in [3.8, 4) is 0 Å². The lowest BCUT2D eigenvalue weighted by molar-refractivity contribution is -0.166. The van der Waals surface area contributed by atoms with Crippen LogP contribution in [0.15, 0.2) is 0 Å². The molecule has 0 amide bonds. The SMILES string of the molecule is C[C@H](OC(=O)CN(C)C)[C@H](C)OC(=O)CN(C)C. The number of carbonyl (C=O) groups excluding carboxylic acids is 2. The summed E-state index contributed by atoms with van der Waals surface area (Å²) in [6.45, 7) is 3.84. The zero-order chi connectivity index (χ0) is 14.3. The molecule has 106 valence electrons. The van der Waals surface area contributed by atoms with Gasteiger partial charge >= 0.3 is 11.9 Å². The van der Waals surface area contributed by atoms with Crippen LogP contribution in [0.4, 0.5) is 0 Å². The Balaban J connectivity index is 4.06. The fraction of sp³-hybridized carbons (Fsp3) is 0.833. The monoisotopic (exact) mass is 260 g/mol. The highest BCUT2D eigenvalue weighted by Gasteiger charge is 2.20. The Bertz CT molecular complexity index is 251. The molecule has 0 unspecified atom stereocenters. The van der Waals surface area contributed by atoms with E-state index in [0.717, 1.165) is 0 Å². The van der Waals surface area contributed by atoms with E-state index in [9.17, 15) is 9.59 Å². The molecular weight excluding hydrogens is 236 g/mol. The number of rotatable bonds is 7. The summed E-state index contributed by atoms with van der Waals surface area (Å²) in [5.41, 5.74) is 0. The van der Waals surface area contributed by atoms with Gasteiger partial charge in [-0.25, -0.2) is 0 Å². The van der Waals surface area contributed by atoms with Crippen LogP contribution < -0.4 is 0 Å². The van der Waals surface area contributed by atoms with Gasteiger partial charge < -0.3 is 9.47 Å². The van der Waals surface area contributed by atoms with E-state index in [0.29, 0.717) is 0 Å². The van der Waals surface area contributed by atoms with Gasteiger partial charge in [0.25, 0.3) is 0 Å². The summed E-state index contributed by atoms with van der Waals surface area (Å²) in [6.07, 6.45) is -0.910. The first-order valence-electron chi connectivity index (χ1n) is 5.90. The van der Waals surface area contributed by atoms with Crippen molar-refractivity contribution in [2.24, 2.45) is 0 Å². The van der Waals surface area contributed by atoms with Crippen LogP contribution in [0.1, 0.15) is 13.8 Å². The molecule has 0 aliphatic heterocycles. The molecule has 0 N–H and O–H groups in total. The van der Waals surface area contributed by atoms with Crippen LogP contribution in [0.25, 0.3) is 0 Å². The maximum atomic E-state index is 11.4. The van der Waals surface area contributed by atoms with Crippen LogP contribution in [0, 0.1) is 0 Å². The zero-order valence-electron chi connectivity index (χ0n) is 12.1. The molecule has 0 aromatic heterocycles. The molecule has 6 nitrogen and oxygen atoms in total. The fourth-order valence-corrected chi connectivity index (χ4v) is 1.20. The molecule has 2 atom stereocenters. The van der Waals surface area contributed by atoms with Crippen LogP contribution in [0.3, 0.4) is 0 Å². The molecule has 0 heterocycles. The minimum absolute atomic E-state index is 0.211. The second-order valence-electron chi connectivity index (χ2n) is 4.87. The summed E-state index contributed by atoms with van der Waals surface area (Å²) in [7, 11) is 7.14. The van der Waals surface area contributed by atoms with Gasteiger partial charge in [0.05, 0.1) is 13.1 Å². The summed E-state index contributed by atoms with van der Waals surface area (Å²) >= 11 is 0. The normalized spacial score (nSPS) is 14.4. The maximum Gasteiger partial charge on any atom is 0.320 e. The Hall–Kier alpha value is -1.14. The highest BCUT2D eigenvalue weighted by atomic mass is 16.6. The van der Waals surface area contributed by atoms with E-state index in [1.54, 1.807) is 51.8 Å². The lowest BCUT2D eigenvalue weighted by Gasteiger charge is -2.22. The third-order valence-electron chi connectivity index (χ3n) is 2.19. The van der Waals surface area contributed by atoms with Gasteiger partial charge in [0.2, 0.25) is 0 Å². The molecule has 0 aliphatic rings. The van der Waals surface area contributed by atoms with E-state index in [1.807, 2.05) is 0 Å². The molecule has 0 rings (SSSR count). The number of esters is 2. The Kier molecular flexibility index (Phi) is 7.54. The number of hydrogen-bond acceptors (Lipinski definition) is 6.